The first kappa shape index (κ1) is 28.9. The number of aliphatic imine (C=N–C) groups is 1. The summed E-state index contributed by atoms with van der Waals surface area (Å²) in [6.45, 7) is 5.42. The number of alkyl halides is 3. The Balaban J connectivity index is 1.21. The van der Waals surface area contributed by atoms with Crippen LogP contribution < -0.4 is 22.1 Å². The van der Waals surface area contributed by atoms with Crippen molar-refractivity contribution >= 4 is 41.0 Å². The van der Waals surface area contributed by atoms with Gasteiger partial charge in [0.25, 0.3) is 5.91 Å². The van der Waals surface area contributed by atoms with Crippen molar-refractivity contribution in [3.05, 3.63) is 82.4 Å². The van der Waals surface area contributed by atoms with Crippen LogP contribution in [0, 0.1) is 0 Å². The van der Waals surface area contributed by atoms with Gasteiger partial charge in [-0.3, -0.25) is 9.59 Å². The molecule has 2 aromatic rings. The molecule has 2 saturated heterocycles. The van der Waals surface area contributed by atoms with Gasteiger partial charge in [-0.2, -0.15) is 18.2 Å². The molecule has 0 atom stereocenters. The molecule has 0 aliphatic carbocycles. The van der Waals surface area contributed by atoms with E-state index >= 15 is 0 Å². The number of aromatic nitrogens is 2. The quantitative estimate of drug-likeness (QED) is 0.414. The van der Waals surface area contributed by atoms with Crippen LogP contribution in [0.4, 0.5) is 24.8 Å². The lowest BCUT2D eigenvalue weighted by atomic mass is 9.88. The summed E-state index contributed by atoms with van der Waals surface area (Å²) in [5, 5.41) is 6.17. The first-order chi connectivity index (χ1) is 19.8. The molecular formula is C27H27ClF3N9O2. The molecule has 0 radical (unpaired) electrons. The van der Waals surface area contributed by atoms with Crippen molar-refractivity contribution in [2.75, 3.05) is 31.1 Å². The summed E-state index contributed by atoms with van der Waals surface area (Å²) < 4.78 is 39.4. The van der Waals surface area contributed by atoms with Crippen molar-refractivity contribution in [2.45, 2.75) is 31.1 Å². The van der Waals surface area contributed by atoms with Gasteiger partial charge in [0, 0.05) is 38.1 Å². The van der Waals surface area contributed by atoms with E-state index in [9.17, 15) is 22.8 Å². The standard InChI is InChI=1S/C27H27ClF3N9O2/c1-15-5-6-17(13-40(15)12-16-3-2-4-18(11-16)27(29,30)31)24(42)39-9-7-26(8-10-39)14-34-25(38-26)37-23(41)19-21(32)36-22(33)20(28)35-19/h2-6,11,13H,1,7-10,12,14H2,(H4,32,33,36)(H2,34,37,38,41). The molecule has 6 N–H and O–H groups in total. The minimum atomic E-state index is -4.45. The summed E-state index contributed by atoms with van der Waals surface area (Å²) in [5.41, 5.74) is 11.3. The Morgan fingerprint density at radius 1 is 1.14 bits per heavy atom. The van der Waals surface area contributed by atoms with Gasteiger partial charge < -0.3 is 31.9 Å². The fourth-order valence-corrected chi connectivity index (χ4v) is 5.05. The maximum atomic E-state index is 13.3. The molecule has 1 aromatic carbocycles. The summed E-state index contributed by atoms with van der Waals surface area (Å²) >= 11 is 5.86. The van der Waals surface area contributed by atoms with Crippen LogP contribution in [0.1, 0.15) is 34.5 Å². The third-order valence-corrected chi connectivity index (χ3v) is 7.56. The highest BCUT2D eigenvalue weighted by molar-refractivity contribution is 6.31. The van der Waals surface area contributed by atoms with Gasteiger partial charge in [-0.1, -0.05) is 30.3 Å². The fourth-order valence-electron chi connectivity index (χ4n) is 4.93. The molecule has 11 nitrogen and oxygen atoms in total. The molecule has 2 fully saturated rings. The molecule has 1 aromatic heterocycles. The Morgan fingerprint density at radius 3 is 2.60 bits per heavy atom. The van der Waals surface area contributed by atoms with Crippen molar-refractivity contribution in [3.8, 4) is 0 Å². The van der Waals surface area contributed by atoms with Gasteiger partial charge in [0.1, 0.15) is 0 Å². The maximum Gasteiger partial charge on any atom is 0.416 e. The Labute approximate surface area is 243 Å². The predicted molar refractivity (Wildman–Crippen MR) is 151 cm³/mol. The SMILES string of the molecule is C=C1C=CC(C(=O)N2CCC3(CC2)CN/C(=N\C(=O)c2nc(Cl)c(N)nc2N)N3)=CN1Cc1cccc(C(F)(F)F)c1. The van der Waals surface area contributed by atoms with Gasteiger partial charge in [0.15, 0.2) is 28.4 Å². The van der Waals surface area contributed by atoms with E-state index in [0.717, 1.165) is 12.1 Å². The number of benzene rings is 1. The third-order valence-electron chi connectivity index (χ3n) is 7.28. The van der Waals surface area contributed by atoms with Crippen molar-refractivity contribution in [1.29, 1.82) is 0 Å². The molecule has 3 aliphatic rings. The zero-order chi connectivity index (χ0) is 30.2. The van der Waals surface area contributed by atoms with Crippen LogP contribution in [-0.4, -0.2) is 62.7 Å². The molecule has 220 valence electrons. The zero-order valence-corrected chi connectivity index (χ0v) is 23.0. The summed E-state index contributed by atoms with van der Waals surface area (Å²) in [6.07, 6.45) is 1.64. The largest absolute Gasteiger partial charge is 0.416 e. The number of piperidine rings is 1. The number of nitrogen functional groups attached to an aromatic ring is 2. The molecule has 0 unspecified atom stereocenters. The van der Waals surface area contributed by atoms with Gasteiger partial charge >= 0.3 is 12.1 Å². The first-order valence-electron chi connectivity index (χ1n) is 12.9. The monoisotopic (exact) mass is 601 g/mol. The van der Waals surface area contributed by atoms with Gasteiger partial charge in [-0.15, -0.1) is 0 Å². The number of hydrogen-bond acceptors (Lipinski definition) is 7. The molecule has 15 heteroatoms. The van der Waals surface area contributed by atoms with Crippen molar-refractivity contribution in [3.63, 3.8) is 0 Å². The molecule has 0 saturated carbocycles. The highest BCUT2D eigenvalue weighted by atomic mass is 35.5. The lowest BCUT2D eigenvalue weighted by Gasteiger charge is -2.39. The molecule has 1 spiro atoms. The Bertz CT molecular complexity index is 1550. The Kier molecular flexibility index (Phi) is 7.58. The van der Waals surface area contributed by atoms with E-state index in [0.29, 0.717) is 49.3 Å². The maximum absolute atomic E-state index is 13.3. The second-order valence-corrected chi connectivity index (χ2v) is 10.5. The second-order valence-electron chi connectivity index (χ2n) is 10.2. The van der Waals surface area contributed by atoms with E-state index in [1.54, 1.807) is 34.2 Å². The van der Waals surface area contributed by atoms with Gasteiger partial charge in [-0.05, 0) is 42.7 Å². The number of nitrogens with one attached hydrogen (secondary N) is 2. The molecular weight excluding hydrogens is 575 g/mol. The van der Waals surface area contributed by atoms with Gasteiger partial charge in [-0.25, -0.2) is 9.97 Å². The number of carbonyl (C=O) groups excluding carboxylic acids is 2. The van der Waals surface area contributed by atoms with Crippen LogP contribution in [0.15, 0.2) is 65.5 Å². The van der Waals surface area contributed by atoms with E-state index in [1.165, 1.54) is 6.07 Å². The Morgan fingerprint density at radius 2 is 1.88 bits per heavy atom. The molecule has 42 heavy (non-hydrogen) atoms. The van der Waals surface area contributed by atoms with Crippen molar-refractivity contribution < 1.29 is 22.8 Å². The number of hydrogen-bond donors (Lipinski definition) is 4. The van der Waals surface area contributed by atoms with E-state index < -0.39 is 23.2 Å². The minimum absolute atomic E-state index is 0.0939. The normalized spacial score (nSPS) is 19.1. The van der Waals surface area contributed by atoms with Crippen LogP contribution >= 0.6 is 11.6 Å². The summed E-state index contributed by atoms with van der Waals surface area (Å²) in [6, 6.07) is 5.06. The summed E-state index contributed by atoms with van der Waals surface area (Å²) in [7, 11) is 0. The number of nitrogens with two attached hydrogens (primary N) is 2. The van der Waals surface area contributed by atoms with E-state index in [4.69, 9.17) is 23.1 Å². The van der Waals surface area contributed by atoms with E-state index in [2.05, 4.69) is 32.2 Å². The number of halogens is 4. The number of anilines is 2. The summed E-state index contributed by atoms with van der Waals surface area (Å²) in [4.78, 5) is 41.0. The highest BCUT2D eigenvalue weighted by Crippen LogP contribution is 2.31. The van der Waals surface area contributed by atoms with Gasteiger partial charge in [0.2, 0.25) is 0 Å². The number of guanidine groups is 1. The predicted octanol–water partition coefficient (Wildman–Crippen LogP) is 2.83. The number of allylic oxidation sites excluding steroid dienone is 1. The Hall–Kier alpha value is -4.59. The smallest absolute Gasteiger partial charge is 0.382 e. The molecule has 5 rings (SSSR count). The number of likely N-dealkylation sites (tertiary alicyclic amines) is 1. The lowest BCUT2D eigenvalue weighted by Crippen LogP contribution is -2.54. The molecule has 3 aliphatic heterocycles. The van der Waals surface area contributed by atoms with E-state index in [1.807, 2.05) is 0 Å². The van der Waals surface area contributed by atoms with Crippen LogP contribution in [0.25, 0.3) is 0 Å². The molecule has 2 amide bonds. The van der Waals surface area contributed by atoms with Gasteiger partial charge in [0.05, 0.1) is 16.7 Å². The summed E-state index contributed by atoms with van der Waals surface area (Å²) in [5.74, 6) is -0.978. The number of carbonyl (C=O) groups is 2. The molecule has 4 heterocycles. The third kappa shape index (κ3) is 6.03. The van der Waals surface area contributed by atoms with Crippen LogP contribution in [0.3, 0.4) is 0 Å². The molecule has 0 bridgehead atoms. The average Bonchev–Trinajstić information content (AvgIpc) is 3.33. The van der Waals surface area contributed by atoms with Crippen LogP contribution in [0.5, 0.6) is 0 Å². The number of rotatable bonds is 4. The topological polar surface area (TPSA) is 155 Å². The average molecular weight is 602 g/mol. The first-order valence-corrected chi connectivity index (χ1v) is 13.3. The van der Waals surface area contributed by atoms with Crippen molar-refractivity contribution in [2.24, 2.45) is 4.99 Å². The second kappa shape index (κ2) is 11.0. The van der Waals surface area contributed by atoms with Crippen molar-refractivity contribution in [1.82, 2.24) is 30.4 Å². The lowest BCUT2D eigenvalue weighted by molar-refractivity contribution is -0.137. The van der Waals surface area contributed by atoms with Crippen LogP contribution in [0.2, 0.25) is 5.15 Å². The number of nitrogens with zero attached hydrogens (tertiary/aromatic N) is 5. The minimum Gasteiger partial charge on any atom is -0.382 e. The highest BCUT2D eigenvalue weighted by Gasteiger charge is 2.41. The van der Waals surface area contributed by atoms with E-state index in [-0.39, 0.29) is 40.9 Å². The zero-order valence-electron chi connectivity index (χ0n) is 22.2. The number of amides is 2. The fraction of sp³-hybridized carbons (Fsp3) is 0.296. The van der Waals surface area contributed by atoms with Crippen LogP contribution in [-0.2, 0) is 17.5 Å².